The number of nitrogens with zero attached hydrogens (tertiary/aromatic N) is 1. The number of amides is 1. The fourth-order valence-corrected chi connectivity index (χ4v) is 1.58. The molecule has 1 aromatic carbocycles. The van der Waals surface area contributed by atoms with Gasteiger partial charge in [0.05, 0.1) is 6.61 Å². The van der Waals surface area contributed by atoms with Gasteiger partial charge in [-0.2, -0.15) is 0 Å². The fraction of sp³-hybridized carbons (Fsp3) is 0.364. The molecule has 0 aromatic heterocycles. The van der Waals surface area contributed by atoms with E-state index in [9.17, 15) is 18.0 Å². The van der Waals surface area contributed by atoms with Gasteiger partial charge in [-0.15, -0.1) is 0 Å². The van der Waals surface area contributed by atoms with Gasteiger partial charge in [-0.05, 0) is 25.0 Å². The minimum Gasteiger partial charge on any atom is -0.271 e. The molecule has 0 N–H and O–H groups in total. The molecule has 1 aliphatic heterocycles. The van der Waals surface area contributed by atoms with E-state index in [0.29, 0.717) is 25.3 Å². The van der Waals surface area contributed by atoms with Crippen molar-refractivity contribution in [2.45, 2.75) is 12.8 Å². The number of hydrogen-bond donors (Lipinski definition) is 0. The third-order valence-electron chi connectivity index (χ3n) is 2.46. The molecule has 0 atom stereocenters. The third-order valence-corrected chi connectivity index (χ3v) is 2.46. The molecular weight excluding hydrogens is 235 g/mol. The summed E-state index contributed by atoms with van der Waals surface area (Å²) >= 11 is 0. The van der Waals surface area contributed by atoms with E-state index in [1.165, 1.54) is 0 Å². The Kier molecular flexibility index (Phi) is 3.33. The van der Waals surface area contributed by atoms with Crippen molar-refractivity contribution in [3.63, 3.8) is 0 Å². The molecule has 0 bridgehead atoms. The quantitative estimate of drug-likeness (QED) is 0.710. The summed E-state index contributed by atoms with van der Waals surface area (Å²) in [6.45, 7) is 0.747. The highest BCUT2D eigenvalue weighted by molar-refractivity contribution is 5.93. The van der Waals surface area contributed by atoms with E-state index < -0.39 is 23.4 Å². The summed E-state index contributed by atoms with van der Waals surface area (Å²) in [6.07, 6.45) is 1.59. The standard InChI is InChI=1S/C11H10F3NO2/c12-8-5-7(6-9(13)10(8)14)11(16)15-3-1-2-4-17-15/h5-6H,1-4H2. The Labute approximate surface area is 95.7 Å². The highest BCUT2D eigenvalue weighted by Crippen LogP contribution is 2.17. The number of carbonyl (C=O) groups excluding carboxylic acids is 1. The normalized spacial score (nSPS) is 16.1. The predicted octanol–water partition coefficient (Wildman–Crippen LogP) is 2.27. The van der Waals surface area contributed by atoms with E-state index in [0.717, 1.165) is 17.9 Å². The molecule has 1 saturated heterocycles. The van der Waals surface area contributed by atoms with E-state index >= 15 is 0 Å². The second kappa shape index (κ2) is 4.75. The van der Waals surface area contributed by atoms with Crippen LogP contribution in [0.4, 0.5) is 13.2 Å². The molecule has 2 rings (SSSR count). The largest absolute Gasteiger partial charge is 0.277 e. The van der Waals surface area contributed by atoms with E-state index in [1.807, 2.05) is 0 Å². The second-order valence-electron chi connectivity index (χ2n) is 3.70. The van der Waals surface area contributed by atoms with Crippen molar-refractivity contribution < 1.29 is 22.8 Å². The highest BCUT2D eigenvalue weighted by Gasteiger charge is 2.22. The molecule has 17 heavy (non-hydrogen) atoms. The van der Waals surface area contributed by atoms with Crippen LogP contribution in [0.15, 0.2) is 12.1 Å². The molecule has 1 aliphatic rings. The molecule has 1 amide bonds. The lowest BCUT2D eigenvalue weighted by Gasteiger charge is -2.25. The van der Waals surface area contributed by atoms with E-state index in [1.54, 1.807) is 0 Å². The lowest BCUT2D eigenvalue weighted by molar-refractivity contribution is -0.144. The van der Waals surface area contributed by atoms with Crippen molar-refractivity contribution in [2.24, 2.45) is 0 Å². The zero-order valence-corrected chi connectivity index (χ0v) is 8.88. The van der Waals surface area contributed by atoms with Crippen molar-refractivity contribution >= 4 is 5.91 Å². The van der Waals surface area contributed by atoms with Gasteiger partial charge in [-0.1, -0.05) is 0 Å². The monoisotopic (exact) mass is 245 g/mol. The van der Waals surface area contributed by atoms with Crippen molar-refractivity contribution in [2.75, 3.05) is 13.2 Å². The lowest BCUT2D eigenvalue weighted by Crippen LogP contribution is -2.35. The van der Waals surface area contributed by atoms with Crippen LogP contribution in [-0.4, -0.2) is 24.1 Å². The zero-order valence-electron chi connectivity index (χ0n) is 8.88. The summed E-state index contributed by atoms with van der Waals surface area (Å²) in [7, 11) is 0. The first-order valence-electron chi connectivity index (χ1n) is 5.19. The summed E-state index contributed by atoms with van der Waals surface area (Å²) in [5.41, 5.74) is -0.261. The van der Waals surface area contributed by atoms with E-state index in [2.05, 4.69) is 0 Å². The number of halogens is 3. The summed E-state index contributed by atoms with van der Waals surface area (Å²) in [5, 5.41) is 1.04. The first-order valence-corrected chi connectivity index (χ1v) is 5.19. The van der Waals surface area contributed by atoms with E-state index in [-0.39, 0.29) is 5.56 Å². The van der Waals surface area contributed by atoms with Crippen molar-refractivity contribution in [3.05, 3.63) is 35.1 Å². The molecule has 0 spiro atoms. The van der Waals surface area contributed by atoms with Gasteiger partial charge in [0.25, 0.3) is 5.91 Å². The number of hydrogen-bond acceptors (Lipinski definition) is 2. The minimum absolute atomic E-state index is 0.261. The Morgan fingerprint density at radius 1 is 1.18 bits per heavy atom. The number of rotatable bonds is 1. The molecule has 0 saturated carbocycles. The summed E-state index contributed by atoms with van der Waals surface area (Å²) in [5.74, 6) is -5.01. The second-order valence-corrected chi connectivity index (χ2v) is 3.70. The van der Waals surface area contributed by atoms with Crippen LogP contribution in [0.3, 0.4) is 0 Å². The van der Waals surface area contributed by atoms with Crippen LogP contribution >= 0.6 is 0 Å². The van der Waals surface area contributed by atoms with E-state index in [4.69, 9.17) is 4.84 Å². The Hall–Kier alpha value is -1.56. The number of hydroxylamine groups is 2. The van der Waals surface area contributed by atoms with Crippen LogP contribution in [-0.2, 0) is 4.84 Å². The Morgan fingerprint density at radius 2 is 1.82 bits per heavy atom. The molecular formula is C11H10F3NO2. The van der Waals surface area contributed by atoms with Crippen LogP contribution in [0.25, 0.3) is 0 Å². The summed E-state index contributed by atoms with van der Waals surface area (Å²) < 4.78 is 38.6. The maximum absolute atomic E-state index is 12.9. The Bertz CT molecular complexity index is 421. The van der Waals surface area contributed by atoms with Crippen molar-refractivity contribution in [1.29, 1.82) is 0 Å². The molecule has 0 radical (unpaired) electrons. The van der Waals surface area contributed by atoms with Gasteiger partial charge in [-0.25, -0.2) is 18.2 Å². The molecule has 0 aliphatic carbocycles. The molecule has 92 valence electrons. The minimum atomic E-state index is -1.58. The zero-order chi connectivity index (χ0) is 12.4. The average Bonchev–Trinajstić information content (AvgIpc) is 2.35. The highest BCUT2D eigenvalue weighted by atomic mass is 19.2. The van der Waals surface area contributed by atoms with Gasteiger partial charge in [0.2, 0.25) is 0 Å². The van der Waals surface area contributed by atoms with Gasteiger partial charge >= 0.3 is 0 Å². The van der Waals surface area contributed by atoms with Gasteiger partial charge in [-0.3, -0.25) is 9.63 Å². The topological polar surface area (TPSA) is 29.5 Å². The summed E-state index contributed by atoms with van der Waals surface area (Å²) in [6, 6.07) is 1.33. The number of benzene rings is 1. The maximum atomic E-state index is 12.9. The fourth-order valence-electron chi connectivity index (χ4n) is 1.58. The molecule has 1 heterocycles. The van der Waals surface area contributed by atoms with Gasteiger partial charge < -0.3 is 0 Å². The molecule has 0 unspecified atom stereocenters. The number of carbonyl (C=O) groups is 1. The smallest absolute Gasteiger partial charge is 0.271 e. The predicted molar refractivity (Wildman–Crippen MR) is 52.5 cm³/mol. The Morgan fingerprint density at radius 3 is 2.35 bits per heavy atom. The van der Waals surface area contributed by atoms with Gasteiger partial charge in [0.15, 0.2) is 17.5 Å². The molecule has 1 fully saturated rings. The molecule has 6 heteroatoms. The SMILES string of the molecule is O=C(c1cc(F)c(F)c(F)c1)N1CCCCO1. The Balaban J connectivity index is 2.24. The lowest BCUT2D eigenvalue weighted by atomic mass is 10.2. The molecule has 1 aromatic rings. The summed E-state index contributed by atoms with van der Waals surface area (Å²) in [4.78, 5) is 16.8. The van der Waals surface area contributed by atoms with Gasteiger partial charge in [0.1, 0.15) is 0 Å². The van der Waals surface area contributed by atoms with Crippen LogP contribution < -0.4 is 0 Å². The van der Waals surface area contributed by atoms with Crippen molar-refractivity contribution in [3.8, 4) is 0 Å². The van der Waals surface area contributed by atoms with Crippen LogP contribution in [0.1, 0.15) is 23.2 Å². The van der Waals surface area contributed by atoms with Crippen molar-refractivity contribution in [1.82, 2.24) is 5.06 Å². The van der Waals surface area contributed by atoms with Gasteiger partial charge in [0, 0.05) is 12.1 Å². The third kappa shape index (κ3) is 2.41. The first-order chi connectivity index (χ1) is 8.09. The maximum Gasteiger partial charge on any atom is 0.277 e. The average molecular weight is 245 g/mol. The molecule has 3 nitrogen and oxygen atoms in total. The van der Waals surface area contributed by atoms with Crippen LogP contribution in [0.2, 0.25) is 0 Å². The van der Waals surface area contributed by atoms with Crippen LogP contribution in [0, 0.1) is 17.5 Å². The first kappa shape index (κ1) is 11.9. The van der Waals surface area contributed by atoms with Crippen LogP contribution in [0.5, 0.6) is 0 Å².